The van der Waals surface area contributed by atoms with Crippen molar-refractivity contribution in [3.8, 4) is 11.6 Å². The monoisotopic (exact) mass is 225 g/mol. The summed E-state index contributed by atoms with van der Waals surface area (Å²) in [5.74, 6) is -0.535. The molecule has 1 rings (SSSR count). The molecule has 16 heavy (non-hydrogen) atoms. The van der Waals surface area contributed by atoms with Gasteiger partial charge in [0.15, 0.2) is 0 Å². The molecule has 1 aromatic heterocycles. The maximum Gasteiger partial charge on any atom is 0.341 e. The van der Waals surface area contributed by atoms with Gasteiger partial charge in [0.25, 0.3) is 0 Å². The standard InChI is InChI=1S/C11H15NO4/c1-3-4-5-16-8-6-9(11(13)14)10(15-2)12-7-8/h6-7H,3-5H2,1-2H3,(H,13,14). The number of hydrogen-bond donors (Lipinski definition) is 1. The summed E-state index contributed by atoms with van der Waals surface area (Å²) < 4.78 is 10.2. The fourth-order valence-corrected chi connectivity index (χ4v) is 1.16. The average Bonchev–Trinajstić information content (AvgIpc) is 2.29. The van der Waals surface area contributed by atoms with Gasteiger partial charge in [-0.25, -0.2) is 9.78 Å². The maximum absolute atomic E-state index is 10.9. The average molecular weight is 225 g/mol. The van der Waals surface area contributed by atoms with Crippen molar-refractivity contribution in [2.24, 2.45) is 0 Å². The van der Waals surface area contributed by atoms with Crippen LogP contribution >= 0.6 is 0 Å². The molecular weight excluding hydrogens is 210 g/mol. The van der Waals surface area contributed by atoms with Gasteiger partial charge in [0.2, 0.25) is 5.88 Å². The van der Waals surface area contributed by atoms with Gasteiger partial charge in [-0.3, -0.25) is 0 Å². The fourth-order valence-electron chi connectivity index (χ4n) is 1.16. The molecule has 1 N–H and O–H groups in total. The van der Waals surface area contributed by atoms with Crippen LogP contribution in [0.3, 0.4) is 0 Å². The predicted molar refractivity (Wildman–Crippen MR) is 58.2 cm³/mol. The summed E-state index contributed by atoms with van der Waals surface area (Å²) in [5, 5.41) is 8.92. The molecule has 0 spiro atoms. The zero-order chi connectivity index (χ0) is 12.0. The molecule has 0 fully saturated rings. The van der Waals surface area contributed by atoms with Crippen molar-refractivity contribution in [1.29, 1.82) is 0 Å². The largest absolute Gasteiger partial charge is 0.492 e. The van der Waals surface area contributed by atoms with E-state index in [9.17, 15) is 4.79 Å². The quantitative estimate of drug-likeness (QED) is 0.749. The third kappa shape index (κ3) is 3.12. The van der Waals surface area contributed by atoms with Gasteiger partial charge in [0, 0.05) is 6.07 Å². The van der Waals surface area contributed by atoms with Crippen LogP contribution in [0.4, 0.5) is 0 Å². The van der Waals surface area contributed by atoms with E-state index in [0.717, 1.165) is 12.8 Å². The minimum atomic E-state index is -1.08. The summed E-state index contributed by atoms with van der Waals surface area (Å²) in [6.07, 6.45) is 3.41. The first-order valence-corrected chi connectivity index (χ1v) is 5.09. The Bertz CT molecular complexity index is 365. The van der Waals surface area contributed by atoms with Crippen molar-refractivity contribution >= 4 is 5.97 Å². The van der Waals surface area contributed by atoms with Gasteiger partial charge in [-0.05, 0) is 6.42 Å². The molecule has 0 saturated carbocycles. The number of ether oxygens (including phenoxy) is 2. The van der Waals surface area contributed by atoms with E-state index in [4.69, 9.17) is 14.6 Å². The Morgan fingerprint density at radius 2 is 2.31 bits per heavy atom. The molecule has 88 valence electrons. The van der Waals surface area contributed by atoms with E-state index >= 15 is 0 Å². The summed E-state index contributed by atoms with van der Waals surface area (Å²) in [6.45, 7) is 2.61. The van der Waals surface area contributed by atoms with Crippen molar-refractivity contribution in [1.82, 2.24) is 4.98 Å². The molecule has 0 aliphatic carbocycles. The topological polar surface area (TPSA) is 68.7 Å². The van der Waals surface area contributed by atoms with Crippen molar-refractivity contribution in [3.05, 3.63) is 17.8 Å². The second-order valence-electron chi connectivity index (χ2n) is 3.24. The highest BCUT2D eigenvalue weighted by Gasteiger charge is 2.13. The lowest BCUT2D eigenvalue weighted by Crippen LogP contribution is -2.04. The van der Waals surface area contributed by atoms with Gasteiger partial charge >= 0.3 is 5.97 Å². The number of unbranched alkanes of at least 4 members (excludes halogenated alkanes) is 1. The Morgan fingerprint density at radius 1 is 1.56 bits per heavy atom. The van der Waals surface area contributed by atoms with E-state index < -0.39 is 5.97 Å². The number of carboxylic acids is 1. The SMILES string of the molecule is CCCCOc1cnc(OC)c(C(=O)O)c1. The van der Waals surface area contributed by atoms with Crippen molar-refractivity contribution in [2.45, 2.75) is 19.8 Å². The van der Waals surface area contributed by atoms with E-state index in [1.165, 1.54) is 19.4 Å². The first kappa shape index (κ1) is 12.3. The van der Waals surface area contributed by atoms with Crippen molar-refractivity contribution in [2.75, 3.05) is 13.7 Å². The zero-order valence-corrected chi connectivity index (χ0v) is 9.40. The summed E-state index contributed by atoms with van der Waals surface area (Å²) >= 11 is 0. The number of aromatic carboxylic acids is 1. The Morgan fingerprint density at radius 3 is 2.88 bits per heavy atom. The lowest BCUT2D eigenvalue weighted by Gasteiger charge is -2.08. The number of rotatable bonds is 6. The van der Waals surface area contributed by atoms with Gasteiger partial charge in [-0.1, -0.05) is 13.3 Å². The molecule has 0 aromatic carbocycles. The smallest absolute Gasteiger partial charge is 0.341 e. The van der Waals surface area contributed by atoms with Gasteiger partial charge < -0.3 is 14.6 Å². The third-order valence-corrected chi connectivity index (χ3v) is 2.02. The van der Waals surface area contributed by atoms with Gasteiger partial charge in [-0.15, -0.1) is 0 Å². The Labute approximate surface area is 94.0 Å². The minimum absolute atomic E-state index is 0.0106. The first-order chi connectivity index (χ1) is 7.69. The summed E-state index contributed by atoms with van der Waals surface area (Å²) in [4.78, 5) is 14.8. The maximum atomic E-state index is 10.9. The summed E-state index contributed by atoms with van der Waals surface area (Å²) in [7, 11) is 1.38. The molecule has 0 bridgehead atoms. The van der Waals surface area contributed by atoms with Crippen LogP contribution < -0.4 is 9.47 Å². The molecule has 5 heteroatoms. The summed E-state index contributed by atoms with van der Waals surface area (Å²) in [5.41, 5.74) is 0.0106. The zero-order valence-electron chi connectivity index (χ0n) is 9.40. The molecule has 0 aliphatic rings. The normalized spacial score (nSPS) is 9.88. The van der Waals surface area contributed by atoms with Crippen LogP contribution in [-0.2, 0) is 0 Å². The molecule has 1 heterocycles. The lowest BCUT2D eigenvalue weighted by atomic mass is 10.2. The number of carboxylic acid groups (broad SMARTS) is 1. The molecule has 5 nitrogen and oxygen atoms in total. The number of carbonyl (C=O) groups is 1. The van der Waals surface area contributed by atoms with Crippen LogP contribution in [0.2, 0.25) is 0 Å². The second kappa shape index (κ2) is 5.95. The Hall–Kier alpha value is -1.78. The van der Waals surface area contributed by atoms with E-state index in [2.05, 4.69) is 11.9 Å². The van der Waals surface area contributed by atoms with Crippen LogP contribution in [0, 0.1) is 0 Å². The van der Waals surface area contributed by atoms with Gasteiger partial charge in [0.05, 0.1) is 19.9 Å². The number of hydrogen-bond acceptors (Lipinski definition) is 4. The lowest BCUT2D eigenvalue weighted by molar-refractivity contribution is 0.0691. The highest BCUT2D eigenvalue weighted by atomic mass is 16.5. The van der Waals surface area contributed by atoms with Crippen LogP contribution in [-0.4, -0.2) is 29.8 Å². The van der Waals surface area contributed by atoms with Crippen LogP contribution in [0.25, 0.3) is 0 Å². The number of methoxy groups -OCH3 is 1. The molecular formula is C11H15NO4. The molecule has 1 aromatic rings. The number of pyridine rings is 1. The van der Waals surface area contributed by atoms with E-state index in [1.54, 1.807) is 0 Å². The highest BCUT2D eigenvalue weighted by Crippen LogP contribution is 2.20. The first-order valence-electron chi connectivity index (χ1n) is 5.09. The second-order valence-corrected chi connectivity index (χ2v) is 3.24. The van der Waals surface area contributed by atoms with Gasteiger partial charge in [-0.2, -0.15) is 0 Å². The number of aromatic nitrogens is 1. The highest BCUT2D eigenvalue weighted by molar-refractivity contribution is 5.90. The number of nitrogens with zero attached hydrogens (tertiary/aromatic N) is 1. The minimum Gasteiger partial charge on any atom is -0.492 e. The molecule has 0 aliphatic heterocycles. The van der Waals surface area contributed by atoms with Crippen molar-refractivity contribution in [3.63, 3.8) is 0 Å². The van der Waals surface area contributed by atoms with Crippen LogP contribution in [0.15, 0.2) is 12.3 Å². The Balaban J connectivity index is 2.81. The summed E-state index contributed by atoms with van der Waals surface area (Å²) in [6, 6.07) is 1.42. The Kier molecular flexibility index (Phi) is 4.57. The van der Waals surface area contributed by atoms with E-state index in [1.807, 2.05) is 0 Å². The van der Waals surface area contributed by atoms with E-state index in [-0.39, 0.29) is 11.4 Å². The molecule has 0 saturated heterocycles. The molecule has 0 amide bonds. The molecule has 0 radical (unpaired) electrons. The molecule has 0 unspecified atom stereocenters. The van der Waals surface area contributed by atoms with Crippen molar-refractivity contribution < 1.29 is 19.4 Å². The van der Waals surface area contributed by atoms with Crippen LogP contribution in [0.5, 0.6) is 11.6 Å². The third-order valence-electron chi connectivity index (χ3n) is 2.02. The van der Waals surface area contributed by atoms with Crippen LogP contribution in [0.1, 0.15) is 30.1 Å². The predicted octanol–water partition coefficient (Wildman–Crippen LogP) is 1.97. The van der Waals surface area contributed by atoms with Gasteiger partial charge in [0.1, 0.15) is 11.3 Å². The van der Waals surface area contributed by atoms with E-state index in [0.29, 0.717) is 12.4 Å². The molecule has 0 atom stereocenters. The fraction of sp³-hybridized carbons (Fsp3) is 0.455.